The van der Waals surface area contributed by atoms with E-state index < -0.39 is 0 Å². The number of aromatic nitrogens is 2. The zero-order chi connectivity index (χ0) is 25.2. The number of aryl methyl sites for hydroxylation is 1. The fourth-order valence-corrected chi connectivity index (χ4v) is 6.54. The highest BCUT2D eigenvalue weighted by Gasteiger charge is 2.32. The molecule has 1 N–H and O–H groups in total. The first-order valence-corrected chi connectivity index (χ1v) is 13.6. The molecule has 1 unspecified atom stereocenters. The topological polar surface area (TPSA) is 93.5 Å². The number of likely N-dealkylation sites (tertiary alicyclic amines) is 1. The lowest BCUT2D eigenvalue weighted by atomic mass is 9.74. The molecule has 36 heavy (non-hydrogen) atoms. The van der Waals surface area contributed by atoms with Crippen LogP contribution in [0.1, 0.15) is 87.8 Å². The van der Waals surface area contributed by atoms with E-state index in [4.69, 9.17) is 9.84 Å². The Morgan fingerprint density at radius 1 is 1.06 bits per heavy atom. The Hall–Kier alpha value is -2.90. The van der Waals surface area contributed by atoms with Crippen molar-refractivity contribution in [1.82, 2.24) is 20.0 Å². The summed E-state index contributed by atoms with van der Waals surface area (Å²) in [5, 5.41) is 8.16. The van der Waals surface area contributed by atoms with Crippen LogP contribution in [-0.4, -0.2) is 52.3 Å². The van der Waals surface area contributed by atoms with Crippen LogP contribution in [0.25, 0.3) is 10.9 Å². The zero-order valence-corrected chi connectivity index (χ0v) is 21.5. The van der Waals surface area contributed by atoms with Crippen molar-refractivity contribution >= 4 is 28.8 Å². The molecule has 3 aliphatic rings. The molecule has 1 atom stereocenters. The van der Waals surface area contributed by atoms with Gasteiger partial charge in [0.15, 0.2) is 0 Å². The van der Waals surface area contributed by atoms with E-state index in [1.807, 2.05) is 23.6 Å². The number of ether oxygens (including phenoxy) is 1. The predicted octanol–water partition coefficient (Wildman–Crippen LogP) is 4.63. The lowest BCUT2D eigenvalue weighted by Gasteiger charge is -2.35. The number of amides is 3. The summed E-state index contributed by atoms with van der Waals surface area (Å²) in [6.45, 7) is 3.94. The van der Waals surface area contributed by atoms with Gasteiger partial charge in [-0.25, -0.2) is 4.79 Å². The highest BCUT2D eigenvalue weighted by molar-refractivity contribution is 6.02. The van der Waals surface area contributed by atoms with Crippen molar-refractivity contribution in [2.24, 2.45) is 18.9 Å². The third-order valence-electron chi connectivity index (χ3n) is 8.60. The molecular weight excluding hydrogens is 456 g/mol. The summed E-state index contributed by atoms with van der Waals surface area (Å²) in [6, 6.07) is 6.60. The van der Waals surface area contributed by atoms with Gasteiger partial charge in [0.2, 0.25) is 11.8 Å². The lowest BCUT2D eigenvalue weighted by molar-refractivity contribution is -0.134. The Morgan fingerprint density at radius 2 is 1.78 bits per heavy atom. The van der Waals surface area contributed by atoms with Gasteiger partial charge in [-0.3, -0.25) is 19.6 Å². The molecule has 1 aromatic heterocycles. The minimum absolute atomic E-state index is 0.161. The van der Waals surface area contributed by atoms with Crippen molar-refractivity contribution < 1.29 is 19.1 Å². The van der Waals surface area contributed by atoms with Crippen LogP contribution in [0.4, 0.5) is 4.79 Å². The van der Waals surface area contributed by atoms with Crippen LogP contribution in [0, 0.1) is 11.8 Å². The van der Waals surface area contributed by atoms with Gasteiger partial charge in [-0.2, -0.15) is 5.10 Å². The standard InChI is InChI=1S/C28H38N4O4/c1-3-36-28(35)32-14-12-19(13-15-32)16-18-4-6-20(7-5-18)21-8-9-22-24(17-21)31(2)30-26(22)23-10-11-25(33)29-27(23)34/h8-9,17-20,23H,3-7,10-16H2,1-2H3,(H,29,33,34). The van der Waals surface area contributed by atoms with E-state index in [9.17, 15) is 14.4 Å². The summed E-state index contributed by atoms with van der Waals surface area (Å²) < 4.78 is 7.03. The van der Waals surface area contributed by atoms with Gasteiger partial charge in [0.1, 0.15) is 0 Å². The summed E-state index contributed by atoms with van der Waals surface area (Å²) in [7, 11) is 1.94. The van der Waals surface area contributed by atoms with E-state index in [1.54, 1.807) is 0 Å². The minimum Gasteiger partial charge on any atom is -0.450 e. The molecule has 1 saturated carbocycles. The Bertz CT molecular complexity index is 1130. The molecule has 2 saturated heterocycles. The SMILES string of the molecule is CCOC(=O)N1CCC(CC2CCC(c3ccc4c(C5CCC(=O)NC5=O)nn(C)c4c3)CC2)CC1. The largest absolute Gasteiger partial charge is 0.450 e. The number of hydrogen-bond donors (Lipinski definition) is 1. The van der Waals surface area contributed by atoms with Crippen molar-refractivity contribution in [2.75, 3.05) is 19.7 Å². The number of carbonyl (C=O) groups is 3. The first-order valence-electron chi connectivity index (χ1n) is 13.6. The van der Waals surface area contributed by atoms with Crippen LogP contribution in [0.2, 0.25) is 0 Å². The lowest BCUT2D eigenvalue weighted by Crippen LogP contribution is -2.39. The summed E-state index contributed by atoms with van der Waals surface area (Å²) in [5.74, 6) is 1.26. The van der Waals surface area contributed by atoms with E-state index in [0.717, 1.165) is 48.4 Å². The number of nitrogens with zero attached hydrogens (tertiary/aromatic N) is 3. The van der Waals surface area contributed by atoms with Crippen LogP contribution in [0.5, 0.6) is 0 Å². The first kappa shape index (κ1) is 24.8. The molecule has 1 aliphatic carbocycles. The van der Waals surface area contributed by atoms with Crippen molar-refractivity contribution in [3.05, 3.63) is 29.5 Å². The summed E-state index contributed by atoms with van der Waals surface area (Å²) in [4.78, 5) is 37.8. The second-order valence-electron chi connectivity index (χ2n) is 10.9. The number of piperidine rings is 2. The monoisotopic (exact) mass is 494 g/mol. The molecule has 0 spiro atoms. The van der Waals surface area contributed by atoms with Gasteiger partial charge in [0.25, 0.3) is 0 Å². The molecule has 194 valence electrons. The number of hydrogen-bond acceptors (Lipinski definition) is 5. The Morgan fingerprint density at radius 3 is 2.47 bits per heavy atom. The van der Waals surface area contributed by atoms with Crippen LogP contribution >= 0.6 is 0 Å². The van der Waals surface area contributed by atoms with Crippen molar-refractivity contribution in [1.29, 1.82) is 0 Å². The number of fused-ring (bicyclic) bond motifs is 1. The van der Waals surface area contributed by atoms with Gasteiger partial charge >= 0.3 is 6.09 Å². The van der Waals surface area contributed by atoms with Crippen molar-refractivity contribution in [2.45, 2.75) is 76.5 Å². The molecule has 8 heteroatoms. The van der Waals surface area contributed by atoms with E-state index in [-0.39, 0.29) is 23.8 Å². The average Bonchev–Trinajstić information content (AvgIpc) is 3.20. The smallest absolute Gasteiger partial charge is 0.409 e. The second-order valence-corrected chi connectivity index (χ2v) is 10.9. The molecule has 0 bridgehead atoms. The Kier molecular flexibility index (Phi) is 7.30. The number of benzene rings is 1. The number of imide groups is 1. The number of nitrogens with one attached hydrogen (secondary N) is 1. The van der Waals surface area contributed by atoms with E-state index in [0.29, 0.717) is 31.3 Å². The number of rotatable bonds is 5. The minimum atomic E-state index is -0.364. The third kappa shape index (κ3) is 5.13. The normalized spacial score (nSPS) is 25.7. The second kappa shape index (κ2) is 10.6. The summed E-state index contributed by atoms with van der Waals surface area (Å²) in [6.07, 6.45) is 9.10. The van der Waals surface area contributed by atoms with E-state index in [2.05, 4.69) is 23.5 Å². The predicted molar refractivity (Wildman–Crippen MR) is 136 cm³/mol. The van der Waals surface area contributed by atoms with Gasteiger partial charge in [0, 0.05) is 31.9 Å². The third-order valence-corrected chi connectivity index (χ3v) is 8.60. The molecule has 1 aromatic carbocycles. The molecule has 3 heterocycles. The highest BCUT2D eigenvalue weighted by Crippen LogP contribution is 2.41. The van der Waals surface area contributed by atoms with E-state index in [1.165, 1.54) is 37.7 Å². The van der Waals surface area contributed by atoms with Gasteiger partial charge in [0.05, 0.1) is 23.7 Å². The fourth-order valence-electron chi connectivity index (χ4n) is 6.54. The quantitative estimate of drug-likeness (QED) is 0.612. The number of carbonyl (C=O) groups excluding carboxylic acids is 3. The molecular formula is C28H38N4O4. The molecule has 8 nitrogen and oxygen atoms in total. The molecule has 3 fully saturated rings. The molecule has 5 rings (SSSR count). The maximum Gasteiger partial charge on any atom is 0.409 e. The van der Waals surface area contributed by atoms with Crippen molar-refractivity contribution in [3.63, 3.8) is 0 Å². The van der Waals surface area contributed by atoms with E-state index >= 15 is 0 Å². The zero-order valence-electron chi connectivity index (χ0n) is 21.5. The first-order chi connectivity index (χ1) is 17.4. The average molecular weight is 495 g/mol. The maximum atomic E-state index is 12.4. The molecule has 2 aromatic rings. The van der Waals surface area contributed by atoms with Gasteiger partial charge in [-0.05, 0) is 87.7 Å². The van der Waals surface area contributed by atoms with Gasteiger partial charge < -0.3 is 9.64 Å². The van der Waals surface area contributed by atoms with Crippen LogP contribution in [-0.2, 0) is 21.4 Å². The Balaban J connectivity index is 1.17. The maximum absolute atomic E-state index is 12.4. The van der Waals surface area contributed by atoms with Gasteiger partial charge in [-0.1, -0.05) is 12.1 Å². The van der Waals surface area contributed by atoms with Crippen LogP contribution in [0.15, 0.2) is 18.2 Å². The molecule has 0 radical (unpaired) electrons. The highest BCUT2D eigenvalue weighted by atomic mass is 16.6. The Labute approximate surface area is 212 Å². The molecule has 2 aliphatic heterocycles. The van der Waals surface area contributed by atoms with Gasteiger partial charge in [-0.15, -0.1) is 0 Å². The van der Waals surface area contributed by atoms with Crippen LogP contribution in [0.3, 0.4) is 0 Å². The summed E-state index contributed by atoms with van der Waals surface area (Å²) >= 11 is 0. The fraction of sp³-hybridized carbons (Fsp3) is 0.643. The molecule has 3 amide bonds. The van der Waals surface area contributed by atoms with Crippen molar-refractivity contribution in [3.8, 4) is 0 Å². The summed E-state index contributed by atoms with van der Waals surface area (Å²) in [5.41, 5.74) is 3.20. The van der Waals surface area contributed by atoms with Crippen LogP contribution < -0.4 is 5.32 Å².